The van der Waals surface area contributed by atoms with Crippen LogP contribution < -0.4 is 5.32 Å². The van der Waals surface area contributed by atoms with Crippen molar-refractivity contribution in [2.45, 2.75) is 25.4 Å². The van der Waals surface area contributed by atoms with E-state index < -0.39 is 5.97 Å². The highest BCUT2D eigenvalue weighted by atomic mass is 16.4. The Morgan fingerprint density at radius 3 is 2.81 bits per heavy atom. The van der Waals surface area contributed by atoms with Crippen LogP contribution in [-0.4, -0.2) is 42.2 Å². The van der Waals surface area contributed by atoms with E-state index in [0.717, 1.165) is 36.9 Å². The molecule has 2 heterocycles. The Bertz CT molecular complexity index is 642. The Balaban J connectivity index is 1.79. The maximum absolute atomic E-state index is 11.4. The minimum atomic E-state index is -1.01. The first kappa shape index (κ1) is 14.1. The minimum absolute atomic E-state index is 0.0524. The number of carboxylic acids is 1. The molecule has 2 aromatic rings. The van der Waals surface area contributed by atoms with Gasteiger partial charge in [0.15, 0.2) is 0 Å². The summed E-state index contributed by atoms with van der Waals surface area (Å²) in [5.74, 6) is -0.956. The first-order chi connectivity index (χ1) is 10.1. The molecule has 1 aliphatic rings. The summed E-state index contributed by atoms with van der Waals surface area (Å²) < 4.78 is 5.47. The van der Waals surface area contributed by atoms with Gasteiger partial charge in [-0.1, -0.05) is 18.2 Å². The van der Waals surface area contributed by atoms with Gasteiger partial charge in [0, 0.05) is 23.5 Å². The molecule has 2 N–H and O–H groups in total. The highest BCUT2D eigenvalue weighted by Crippen LogP contribution is 2.26. The molecule has 0 radical (unpaired) electrons. The van der Waals surface area contributed by atoms with Crippen LogP contribution in [0, 0.1) is 0 Å². The molecule has 1 aromatic heterocycles. The summed E-state index contributed by atoms with van der Waals surface area (Å²) in [6.07, 6.45) is 2.18. The maximum atomic E-state index is 11.4. The predicted molar refractivity (Wildman–Crippen MR) is 80.5 cm³/mol. The van der Waals surface area contributed by atoms with Gasteiger partial charge in [0.05, 0.1) is 0 Å². The summed E-state index contributed by atoms with van der Waals surface area (Å²) in [5, 5.41) is 13.7. The Kier molecular flexibility index (Phi) is 3.94. The number of hydrogen-bond donors (Lipinski definition) is 2. The summed E-state index contributed by atoms with van der Waals surface area (Å²) >= 11 is 0. The van der Waals surface area contributed by atoms with E-state index in [1.807, 2.05) is 18.2 Å². The van der Waals surface area contributed by atoms with Gasteiger partial charge in [-0.15, -0.1) is 0 Å². The lowest BCUT2D eigenvalue weighted by Gasteiger charge is -2.29. The van der Waals surface area contributed by atoms with Gasteiger partial charge in [-0.25, -0.2) is 4.79 Å². The Morgan fingerprint density at radius 2 is 2.10 bits per heavy atom. The fourth-order valence-corrected chi connectivity index (χ4v) is 2.91. The van der Waals surface area contributed by atoms with Crippen LogP contribution in [0.3, 0.4) is 0 Å². The molecule has 0 saturated carbocycles. The number of nitrogens with zero attached hydrogens (tertiary/aromatic N) is 1. The largest absolute Gasteiger partial charge is 0.475 e. The maximum Gasteiger partial charge on any atom is 0.372 e. The molecule has 1 saturated heterocycles. The highest BCUT2D eigenvalue weighted by molar-refractivity contribution is 5.95. The SMILES string of the molecule is CN1CCC(NCc2c(C(=O)O)oc3ccccc23)CC1. The van der Waals surface area contributed by atoms with Gasteiger partial charge in [0.1, 0.15) is 5.58 Å². The monoisotopic (exact) mass is 288 g/mol. The van der Waals surface area contributed by atoms with E-state index in [1.54, 1.807) is 6.07 Å². The van der Waals surface area contributed by atoms with E-state index in [4.69, 9.17) is 4.42 Å². The Hall–Kier alpha value is -1.85. The molecule has 21 heavy (non-hydrogen) atoms. The molecule has 0 bridgehead atoms. The molecule has 0 unspecified atom stereocenters. The van der Waals surface area contributed by atoms with Crippen molar-refractivity contribution in [2.24, 2.45) is 0 Å². The van der Waals surface area contributed by atoms with Crippen molar-refractivity contribution in [3.63, 3.8) is 0 Å². The number of furan rings is 1. The summed E-state index contributed by atoms with van der Waals surface area (Å²) in [4.78, 5) is 13.7. The third-order valence-corrected chi connectivity index (χ3v) is 4.18. The summed E-state index contributed by atoms with van der Waals surface area (Å²) in [5.41, 5.74) is 1.38. The van der Waals surface area contributed by atoms with Gasteiger partial charge < -0.3 is 19.7 Å². The average Bonchev–Trinajstić information content (AvgIpc) is 2.86. The number of likely N-dealkylation sites (tertiary alicyclic amines) is 1. The zero-order valence-corrected chi connectivity index (χ0v) is 12.1. The molecule has 112 valence electrons. The fourth-order valence-electron chi connectivity index (χ4n) is 2.91. The van der Waals surface area contributed by atoms with E-state index in [9.17, 15) is 9.90 Å². The van der Waals surface area contributed by atoms with Crippen molar-refractivity contribution in [2.75, 3.05) is 20.1 Å². The number of benzene rings is 1. The van der Waals surface area contributed by atoms with E-state index >= 15 is 0 Å². The van der Waals surface area contributed by atoms with Crippen LogP contribution in [-0.2, 0) is 6.54 Å². The van der Waals surface area contributed by atoms with Crippen LogP contribution in [0.4, 0.5) is 0 Å². The molecular weight excluding hydrogens is 268 g/mol. The quantitative estimate of drug-likeness (QED) is 0.904. The Labute approximate surface area is 123 Å². The molecule has 0 atom stereocenters. The van der Waals surface area contributed by atoms with Crippen molar-refractivity contribution in [1.29, 1.82) is 0 Å². The first-order valence-corrected chi connectivity index (χ1v) is 7.31. The summed E-state index contributed by atoms with van der Waals surface area (Å²) in [7, 11) is 2.13. The van der Waals surface area contributed by atoms with Crippen LogP contribution in [0.5, 0.6) is 0 Å². The van der Waals surface area contributed by atoms with Gasteiger partial charge in [0.2, 0.25) is 5.76 Å². The number of para-hydroxylation sites is 1. The van der Waals surface area contributed by atoms with Crippen molar-refractivity contribution in [3.05, 3.63) is 35.6 Å². The molecule has 1 fully saturated rings. The topological polar surface area (TPSA) is 65.7 Å². The number of carboxylic acid groups (broad SMARTS) is 1. The van der Waals surface area contributed by atoms with Gasteiger partial charge in [0.25, 0.3) is 0 Å². The van der Waals surface area contributed by atoms with Gasteiger partial charge in [-0.2, -0.15) is 0 Å². The lowest BCUT2D eigenvalue weighted by Crippen LogP contribution is -2.40. The Morgan fingerprint density at radius 1 is 1.38 bits per heavy atom. The molecule has 5 heteroatoms. The van der Waals surface area contributed by atoms with E-state index in [2.05, 4.69) is 17.3 Å². The molecule has 0 amide bonds. The van der Waals surface area contributed by atoms with Crippen molar-refractivity contribution in [1.82, 2.24) is 10.2 Å². The van der Waals surface area contributed by atoms with Crippen LogP contribution >= 0.6 is 0 Å². The van der Waals surface area contributed by atoms with Crippen LogP contribution in [0.2, 0.25) is 0 Å². The summed E-state index contributed by atoms with van der Waals surface area (Å²) in [6, 6.07) is 7.92. The molecule has 0 spiro atoms. The smallest absolute Gasteiger partial charge is 0.372 e. The number of rotatable bonds is 4. The fraction of sp³-hybridized carbons (Fsp3) is 0.438. The second-order valence-electron chi connectivity index (χ2n) is 5.67. The van der Waals surface area contributed by atoms with Crippen molar-refractivity contribution >= 4 is 16.9 Å². The lowest BCUT2D eigenvalue weighted by molar-refractivity contribution is 0.0663. The highest BCUT2D eigenvalue weighted by Gasteiger charge is 2.21. The zero-order valence-electron chi connectivity index (χ0n) is 12.1. The third-order valence-electron chi connectivity index (χ3n) is 4.18. The standard InChI is InChI=1S/C16H20N2O3/c1-18-8-6-11(7-9-18)17-10-13-12-4-2-3-5-14(12)21-15(13)16(19)20/h2-5,11,17H,6-10H2,1H3,(H,19,20). The van der Waals surface area contributed by atoms with Gasteiger partial charge in [-0.05, 0) is 39.0 Å². The molecular formula is C16H20N2O3. The minimum Gasteiger partial charge on any atom is -0.475 e. The number of carbonyl (C=O) groups is 1. The molecule has 1 aromatic carbocycles. The van der Waals surface area contributed by atoms with Crippen LogP contribution in [0.15, 0.2) is 28.7 Å². The van der Waals surface area contributed by atoms with E-state index in [1.165, 1.54) is 0 Å². The summed E-state index contributed by atoms with van der Waals surface area (Å²) in [6.45, 7) is 2.69. The molecule has 5 nitrogen and oxygen atoms in total. The third kappa shape index (κ3) is 2.94. The number of fused-ring (bicyclic) bond motifs is 1. The number of hydrogen-bond acceptors (Lipinski definition) is 4. The van der Waals surface area contributed by atoms with Crippen molar-refractivity contribution in [3.8, 4) is 0 Å². The number of piperidine rings is 1. The van der Waals surface area contributed by atoms with E-state index in [0.29, 0.717) is 18.2 Å². The second-order valence-corrected chi connectivity index (χ2v) is 5.67. The van der Waals surface area contributed by atoms with Gasteiger partial charge in [-0.3, -0.25) is 0 Å². The average molecular weight is 288 g/mol. The zero-order chi connectivity index (χ0) is 14.8. The van der Waals surface area contributed by atoms with Crippen LogP contribution in [0.1, 0.15) is 29.0 Å². The molecule has 1 aliphatic heterocycles. The first-order valence-electron chi connectivity index (χ1n) is 7.31. The molecule has 0 aliphatic carbocycles. The second kappa shape index (κ2) is 5.87. The lowest BCUT2D eigenvalue weighted by atomic mass is 10.0. The predicted octanol–water partition coefficient (Wildman–Crippen LogP) is 2.31. The van der Waals surface area contributed by atoms with E-state index in [-0.39, 0.29) is 5.76 Å². The molecule has 3 rings (SSSR count). The number of aromatic carboxylic acids is 1. The number of nitrogens with one attached hydrogen (secondary N) is 1. The van der Waals surface area contributed by atoms with Gasteiger partial charge >= 0.3 is 5.97 Å². The van der Waals surface area contributed by atoms with Crippen LogP contribution in [0.25, 0.3) is 11.0 Å². The normalized spacial score (nSPS) is 17.4. The van der Waals surface area contributed by atoms with Crippen molar-refractivity contribution < 1.29 is 14.3 Å².